The van der Waals surface area contributed by atoms with Crippen LogP contribution in [0.5, 0.6) is 5.75 Å². The molecular formula is C23H16N4O7. The molecule has 3 aromatic carbocycles. The highest BCUT2D eigenvalue weighted by atomic mass is 16.6. The van der Waals surface area contributed by atoms with Gasteiger partial charge in [0.05, 0.1) is 41.1 Å². The van der Waals surface area contributed by atoms with Gasteiger partial charge in [-0.3, -0.25) is 34.2 Å². The molecule has 1 aliphatic rings. The molecule has 5 rings (SSSR count). The summed E-state index contributed by atoms with van der Waals surface area (Å²) in [4.78, 5) is 48.0. The number of ether oxygens (including phenoxy) is 1. The number of carbonyl (C=O) groups is 1. The van der Waals surface area contributed by atoms with Crippen molar-refractivity contribution in [3.63, 3.8) is 0 Å². The third kappa shape index (κ3) is 3.22. The molecule has 0 amide bonds. The van der Waals surface area contributed by atoms with Crippen molar-refractivity contribution in [2.45, 2.75) is 13.1 Å². The Kier molecular flexibility index (Phi) is 4.74. The van der Waals surface area contributed by atoms with Crippen LogP contribution >= 0.6 is 0 Å². The average Bonchev–Trinajstić information content (AvgIpc) is 3.07. The highest BCUT2D eigenvalue weighted by Crippen LogP contribution is 2.33. The molecule has 0 spiro atoms. The molecular weight excluding hydrogens is 444 g/mol. The zero-order valence-electron chi connectivity index (χ0n) is 17.8. The van der Waals surface area contributed by atoms with Gasteiger partial charge in [0.25, 0.3) is 0 Å². The Morgan fingerprint density at radius 2 is 1.44 bits per heavy atom. The number of hydrogen-bond donors (Lipinski definition) is 0. The van der Waals surface area contributed by atoms with Crippen molar-refractivity contribution in [3.05, 3.63) is 108 Å². The maximum Gasteiger partial charge on any atom is 0.348 e. The predicted octanol–water partition coefficient (Wildman–Crippen LogP) is 3.27. The van der Waals surface area contributed by atoms with Crippen molar-refractivity contribution >= 4 is 28.2 Å². The lowest BCUT2D eigenvalue weighted by Crippen LogP contribution is -2.25. The Hall–Kier alpha value is -4.80. The minimum Gasteiger partial charge on any atom is -0.496 e. The lowest BCUT2D eigenvalue weighted by Gasteiger charge is -2.13. The first kappa shape index (κ1) is 21.1. The molecule has 11 heteroatoms. The quantitative estimate of drug-likeness (QED) is 0.297. The van der Waals surface area contributed by atoms with Gasteiger partial charge in [0.15, 0.2) is 5.78 Å². The molecule has 0 N–H and O–H groups in total. The normalized spacial score (nSPS) is 12.7. The Labute approximate surface area is 190 Å². The highest BCUT2D eigenvalue weighted by molar-refractivity contribution is 6.09. The summed E-state index contributed by atoms with van der Waals surface area (Å²) in [6.07, 6.45) is 0. The molecule has 0 fully saturated rings. The third-order valence-electron chi connectivity index (χ3n) is 5.91. The second kappa shape index (κ2) is 7.66. The fraction of sp³-hybridized carbons (Fsp3) is 0.130. The van der Waals surface area contributed by atoms with E-state index in [2.05, 4.69) is 0 Å². The van der Waals surface area contributed by atoms with Crippen molar-refractivity contribution in [2.24, 2.45) is 0 Å². The smallest absolute Gasteiger partial charge is 0.348 e. The minimum atomic E-state index is -0.846. The van der Waals surface area contributed by atoms with Gasteiger partial charge in [0, 0.05) is 28.8 Å². The van der Waals surface area contributed by atoms with Gasteiger partial charge >= 0.3 is 17.1 Å². The first-order valence-electron chi connectivity index (χ1n) is 10.1. The molecule has 4 aromatic rings. The van der Waals surface area contributed by atoms with Gasteiger partial charge in [0.1, 0.15) is 5.75 Å². The summed E-state index contributed by atoms with van der Waals surface area (Å²) in [5.74, 6) is 0.213. The largest absolute Gasteiger partial charge is 0.496 e. The van der Waals surface area contributed by atoms with Crippen molar-refractivity contribution < 1.29 is 19.4 Å². The number of hydrogen-bond acceptors (Lipinski definition) is 7. The third-order valence-corrected chi connectivity index (χ3v) is 5.91. The lowest BCUT2D eigenvalue weighted by atomic mass is 9.99. The maximum absolute atomic E-state index is 13.5. The van der Waals surface area contributed by atoms with E-state index in [4.69, 9.17) is 4.74 Å². The van der Waals surface area contributed by atoms with Gasteiger partial charge in [-0.2, -0.15) is 0 Å². The topological polar surface area (TPSA) is 140 Å². The van der Waals surface area contributed by atoms with Gasteiger partial charge in [-0.05, 0) is 29.8 Å². The molecule has 0 saturated carbocycles. The van der Waals surface area contributed by atoms with Crippen LogP contribution in [0.15, 0.2) is 59.4 Å². The molecule has 1 aliphatic heterocycles. The summed E-state index contributed by atoms with van der Waals surface area (Å²) < 4.78 is 8.02. The number of ketones is 1. The number of fused-ring (bicyclic) bond motifs is 9. The number of nitro benzene ring substituents is 2. The van der Waals surface area contributed by atoms with Crippen molar-refractivity contribution in [2.75, 3.05) is 7.11 Å². The summed E-state index contributed by atoms with van der Waals surface area (Å²) in [5.41, 5.74) is 0.357. The monoisotopic (exact) mass is 460 g/mol. The molecule has 0 atom stereocenters. The van der Waals surface area contributed by atoms with E-state index in [1.165, 1.54) is 16.2 Å². The van der Waals surface area contributed by atoms with E-state index in [0.717, 1.165) is 12.1 Å². The number of rotatable bonds is 3. The van der Waals surface area contributed by atoms with Crippen LogP contribution in [-0.4, -0.2) is 31.9 Å². The van der Waals surface area contributed by atoms with Crippen LogP contribution < -0.4 is 10.4 Å². The fourth-order valence-corrected chi connectivity index (χ4v) is 4.31. The second-order valence-corrected chi connectivity index (χ2v) is 7.85. The van der Waals surface area contributed by atoms with Gasteiger partial charge in [-0.25, -0.2) is 4.79 Å². The van der Waals surface area contributed by atoms with E-state index >= 15 is 0 Å². The molecule has 6 bridgehead atoms. The van der Waals surface area contributed by atoms with E-state index in [0.29, 0.717) is 28.0 Å². The Bertz CT molecular complexity index is 1600. The molecule has 34 heavy (non-hydrogen) atoms. The van der Waals surface area contributed by atoms with Crippen LogP contribution in [0.2, 0.25) is 0 Å². The Morgan fingerprint density at radius 3 is 2.06 bits per heavy atom. The van der Waals surface area contributed by atoms with Crippen molar-refractivity contribution in [1.29, 1.82) is 0 Å². The number of nitro groups is 2. The fourth-order valence-electron chi connectivity index (χ4n) is 4.31. The predicted molar refractivity (Wildman–Crippen MR) is 121 cm³/mol. The zero-order valence-corrected chi connectivity index (χ0v) is 17.8. The minimum absolute atomic E-state index is 0.0173. The van der Waals surface area contributed by atoms with Crippen LogP contribution in [0.4, 0.5) is 11.4 Å². The van der Waals surface area contributed by atoms with Crippen LogP contribution in [0.25, 0.3) is 11.0 Å². The Balaban J connectivity index is 1.89. The van der Waals surface area contributed by atoms with E-state index in [-0.39, 0.29) is 29.9 Å². The number of carbonyl (C=O) groups excluding carboxylic acids is 1. The number of imidazole rings is 1. The molecule has 0 radical (unpaired) electrons. The van der Waals surface area contributed by atoms with Crippen LogP contribution in [0, 0.1) is 20.2 Å². The molecule has 11 nitrogen and oxygen atoms in total. The molecule has 0 aliphatic carbocycles. The van der Waals surface area contributed by atoms with E-state index < -0.39 is 26.9 Å². The highest BCUT2D eigenvalue weighted by Gasteiger charge is 2.29. The summed E-state index contributed by atoms with van der Waals surface area (Å²) in [5, 5.41) is 23.1. The molecule has 2 heterocycles. The van der Waals surface area contributed by atoms with Crippen LogP contribution in [-0.2, 0) is 13.1 Å². The second-order valence-electron chi connectivity index (χ2n) is 7.85. The molecule has 170 valence electrons. The van der Waals surface area contributed by atoms with E-state index in [1.54, 1.807) is 42.5 Å². The van der Waals surface area contributed by atoms with Gasteiger partial charge < -0.3 is 4.74 Å². The maximum atomic E-state index is 13.5. The number of methoxy groups -OCH3 is 1. The average molecular weight is 460 g/mol. The van der Waals surface area contributed by atoms with Gasteiger partial charge in [0.2, 0.25) is 0 Å². The first-order chi connectivity index (χ1) is 16.3. The van der Waals surface area contributed by atoms with Gasteiger partial charge in [-0.15, -0.1) is 0 Å². The molecule has 1 aromatic heterocycles. The summed E-state index contributed by atoms with van der Waals surface area (Å²) in [6.45, 7) is -0.0426. The lowest BCUT2D eigenvalue weighted by molar-refractivity contribution is -0.422. The van der Waals surface area contributed by atoms with Crippen molar-refractivity contribution in [3.8, 4) is 5.75 Å². The number of aromatic nitrogens is 2. The van der Waals surface area contributed by atoms with E-state index in [9.17, 15) is 29.8 Å². The number of benzene rings is 3. The molecule has 0 saturated heterocycles. The van der Waals surface area contributed by atoms with Crippen molar-refractivity contribution in [1.82, 2.24) is 9.13 Å². The van der Waals surface area contributed by atoms with Crippen LogP contribution in [0.3, 0.4) is 0 Å². The van der Waals surface area contributed by atoms with Crippen LogP contribution in [0.1, 0.15) is 27.0 Å². The standard InChI is InChI=1S/C23H16N4O7/c1-34-21-6-5-15-8-16(21)12-25-18-10-20(27(32)33)19(26(30)31)9-17(18)24(23(25)29)11-13-3-2-4-14(7-13)22(15)28/h2-10H,11-12H2,1H3. The summed E-state index contributed by atoms with van der Waals surface area (Å²) in [7, 11) is 1.45. The van der Waals surface area contributed by atoms with Gasteiger partial charge in [-0.1, -0.05) is 18.2 Å². The Morgan fingerprint density at radius 1 is 0.824 bits per heavy atom. The first-order valence-corrected chi connectivity index (χ1v) is 10.1. The molecule has 0 unspecified atom stereocenters. The zero-order chi connectivity index (χ0) is 24.1. The van der Waals surface area contributed by atoms with E-state index in [1.807, 2.05) is 0 Å². The SMILES string of the molecule is COc1ccc2cc1Cn1c(=O)n(c3cc([N+](=O)[O-])c([N+](=O)[O-])cc31)Cc1cccc(c1)C2=O. The summed E-state index contributed by atoms with van der Waals surface area (Å²) >= 11 is 0. The number of nitrogens with zero attached hydrogens (tertiary/aromatic N) is 4. The summed E-state index contributed by atoms with van der Waals surface area (Å²) in [6, 6.07) is 13.7.